The topological polar surface area (TPSA) is 15.3 Å². The van der Waals surface area contributed by atoms with Gasteiger partial charge in [0.15, 0.2) is 0 Å². The summed E-state index contributed by atoms with van der Waals surface area (Å²) in [6.07, 6.45) is -0.0249. The monoisotopic (exact) mass is 220 g/mol. The predicted molar refractivity (Wildman–Crippen MR) is 58.3 cm³/mol. The summed E-state index contributed by atoms with van der Waals surface area (Å²) in [6, 6.07) is 0.742. The van der Waals surface area contributed by atoms with Crippen LogP contribution in [0.25, 0.3) is 0 Å². The lowest BCUT2D eigenvalue weighted by Crippen LogP contribution is -2.44. The molecule has 1 unspecified atom stereocenters. The van der Waals surface area contributed by atoms with E-state index < -0.39 is 5.92 Å². The van der Waals surface area contributed by atoms with Crippen LogP contribution in [-0.4, -0.2) is 42.0 Å². The molecule has 0 aromatic carbocycles. The first-order chi connectivity index (χ1) is 6.82. The Morgan fingerprint density at radius 1 is 1.27 bits per heavy atom. The number of nitrogens with one attached hydrogen (secondary N) is 1. The summed E-state index contributed by atoms with van der Waals surface area (Å²) >= 11 is 0. The summed E-state index contributed by atoms with van der Waals surface area (Å²) in [4.78, 5) is 2.25. The Morgan fingerprint density at radius 3 is 2.13 bits per heavy atom. The van der Waals surface area contributed by atoms with Crippen LogP contribution < -0.4 is 5.32 Å². The predicted octanol–water partition coefficient (Wildman–Crippen LogP) is 2.10. The maximum atomic E-state index is 13.0. The quantitative estimate of drug-likeness (QED) is 0.780. The van der Waals surface area contributed by atoms with Gasteiger partial charge in [0, 0.05) is 31.1 Å². The van der Waals surface area contributed by atoms with Gasteiger partial charge >= 0.3 is 0 Å². The van der Waals surface area contributed by atoms with Crippen LogP contribution >= 0.6 is 0 Å². The molecule has 0 bridgehead atoms. The SMILES string of the molecule is CC(C)N(CC1CC(F)(F)CN1)C(C)C. The van der Waals surface area contributed by atoms with Crippen LogP contribution in [0.15, 0.2) is 0 Å². The van der Waals surface area contributed by atoms with Gasteiger partial charge in [-0.3, -0.25) is 4.90 Å². The van der Waals surface area contributed by atoms with E-state index in [1.807, 2.05) is 0 Å². The molecule has 15 heavy (non-hydrogen) atoms. The molecule has 1 N–H and O–H groups in total. The lowest BCUT2D eigenvalue weighted by atomic mass is 10.1. The van der Waals surface area contributed by atoms with Crippen LogP contribution in [0.3, 0.4) is 0 Å². The Morgan fingerprint density at radius 2 is 1.80 bits per heavy atom. The molecule has 0 saturated carbocycles. The van der Waals surface area contributed by atoms with Crippen molar-refractivity contribution in [2.75, 3.05) is 13.1 Å². The Bertz CT molecular complexity index is 197. The first kappa shape index (κ1) is 12.8. The number of rotatable bonds is 4. The highest BCUT2D eigenvalue weighted by atomic mass is 19.3. The van der Waals surface area contributed by atoms with Gasteiger partial charge in [-0.25, -0.2) is 8.78 Å². The zero-order chi connectivity index (χ0) is 11.6. The van der Waals surface area contributed by atoms with E-state index in [1.165, 1.54) is 0 Å². The minimum absolute atomic E-state index is 0.0249. The molecule has 1 atom stereocenters. The van der Waals surface area contributed by atoms with Gasteiger partial charge in [-0.1, -0.05) is 0 Å². The number of alkyl halides is 2. The molecular weight excluding hydrogens is 198 g/mol. The van der Waals surface area contributed by atoms with Crippen molar-refractivity contribution < 1.29 is 8.78 Å². The molecule has 0 aromatic heterocycles. The van der Waals surface area contributed by atoms with Gasteiger partial charge < -0.3 is 5.32 Å². The van der Waals surface area contributed by atoms with Crippen molar-refractivity contribution in [1.29, 1.82) is 0 Å². The Kier molecular flexibility index (Phi) is 4.06. The molecule has 4 heteroatoms. The molecule has 2 nitrogen and oxygen atoms in total. The van der Waals surface area contributed by atoms with Crippen molar-refractivity contribution in [3.63, 3.8) is 0 Å². The molecule has 0 spiro atoms. The lowest BCUT2D eigenvalue weighted by molar-refractivity contribution is 0.0189. The third-order valence-electron chi connectivity index (χ3n) is 2.95. The molecule has 0 radical (unpaired) electrons. The second kappa shape index (κ2) is 4.74. The number of halogens is 2. The van der Waals surface area contributed by atoms with E-state index in [4.69, 9.17) is 0 Å². The zero-order valence-electron chi connectivity index (χ0n) is 10.1. The fourth-order valence-electron chi connectivity index (χ4n) is 2.20. The van der Waals surface area contributed by atoms with Gasteiger partial charge in [-0.15, -0.1) is 0 Å². The second-order valence-electron chi connectivity index (χ2n) is 5.02. The fourth-order valence-corrected chi connectivity index (χ4v) is 2.20. The van der Waals surface area contributed by atoms with E-state index in [0.717, 1.165) is 0 Å². The van der Waals surface area contributed by atoms with Crippen LogP contribution in [0.1, 0.15) is 34.1 Å². The van der Waals surface area contributed by atoms with Crippen molar-refractivity contribution in [3.05, 3.63) is 0 Å². The number of nitrogens with zero attached hydrogens (tertiary/aromatic N) is 1. The summed E-state index contributed by atoms with van der Waals surface area (Å²) in [5.74, 6) is -2.51. The number of hydrogen-bond donors (Lipinski definition) is 1. The summed E-state index contributed by atoms with van der Waals surface area (Å²) < 4.78 is 25.9. The molecule has 1 fully saturated rings. The third-order valence-corrected chi connectivity index (χ3v) is 2.95. The van der Waals surface area contributed by atoms with Crippen LogP contribution in [0.4, 0.5) is 8.78 Å². The van der Waals surface area contributed by atoms with Crippen molar-refractivity contribution >= 4 is 0 Å². The first-order valence-electron chi connectivity index (χ1n) is 5.69. The van der Waals surface area contributed by atoms with Crippen LogP contribution in [0.5, 0.6) is 0 Å². The van der Waals surface area contributed by atoms with E-state index in [0.29, 0.717) is 18.6 Å². The summed E-state index contributed by atoms with van der Waals surface area (Å²) in [6.45, 7) is 8.97. The maximum Gasteiger partial charge on any atom is 0.261 e. The Hall–Kier alpha value is -0.220. The van der Waals surface area contributed by atoms with Crippen molar-refractivity contribution in [1.82, 2.24) is 10.2 Å². The van der Waals surface area contributed by atoms with Gasteiger partial charge in [0.1, 0.15) is 0 Å². The van der Waals surface area contributed by atoms with Gasteiger partial charge in [-0.2, -0.15) is 0 Å². The average molecular weight is 220 g/mol. The van der Waals surface area contributed by atoms with E-state index in [1.54, 1.807) is 0 Å². The highest BCUT2D eigenvalue weighted by Crippen LogP contribution is 2.26. The lowest BCUT2D eigenvalue weighted by Gasteiger charge is -2.32. The normalized spacial score (nSPS) is 25.8. The molecule has 90 valence electrons. The molecule has 1 aliphatic rings. The van der Waals surface area contributed by atoms with E-state index in [2.05, 4.69) is 37.9 Å². The van der Waals surface area contributed by atoms with Gasteiger partial charge in [-0.05, 0) is 27.7 Å². The standard InChI is InChI=1S/C11H22F2N2/c1-8(2)15(9(3)4)6-10-5-11(12,13)7-14-10/h8-10,14H,5-7H2,1-4H3. The van der Waals surface area contributed by atoms with Gasteiger partial charge in [0.2, 0.25) is 0 Å². The molecule has 1 saturated heterocycles. The van der Waals surface area contributed by atoms with Crippen LogP contribution in [-0.2, 0) is 0 Å². The maximum absolute atomic E-state index is 13.0. The van der Waals surface area contributed by atoms with E-state index in [-0.39, 0.29) is 19.0 Å². The summed E-state index contributed by atoms with van der Waals surface area (Å²) in [7, 11) is 0. The third kappa shape index (κ3) is 3.68. The Labute approximate surface area is 91.0 Å². The zero-order valence-corrected chi connectivity index (χ0v) is 10.1. The minimum atomic E-state index is -2.51. The largest absolute Gasteiger partial charge is 0.307 e. The van der Waals surface area contributed by atoms with Crippen LogP contribution in [0.2, 0.25) is 0 Å². The minimum Gasteiger partial charge on any atom is -0.307 e. The molecule has 1 aliphatic heterocycles. The van der Waals surface area contributed by atoms with Gasteiger partial charge in [0.05, 0.1) is 6.54 Å². The van der Waals surface area contributed by atoms with E-state index in [9.17, 15) is 8.78 Å². The highest BCUT2D eigenvalue weighted by molar-refractivity contribution is 4.89. The van der Waals surface area contributed by atoms with Crippen molar-refractivity contribution in [2.45, 2.75) is 58.2 Å². The smallest absolute Gasteiger partial charge is 0.261 e. The van der Waals surface area contributed by atoms with Gasteiger partial charge in [0.25, 0.3) is 5.92 Å². The molecule has 1 rings (SSSR count). The van der Waals surface area contributed by atoms with Crippen LogP contribution in [0, 0.1) is 0 Å². The van der Waals surface area contributed by atoms with Crippen molar-refractivity contribution in [3.8, 4) is 0 Å². The first-order valence-corrected chi connectivity index (χ1v) is 5.69. The molecule has 0 amide bonds. The molecular formula is C11H22F2N2. The second-order valence-corrected chi connectivity index (χ2v) is 5.02. The summed E-state index contributed by atoms with van der Waals surface area (Å²) in [5, 5.41) is 2.90. The number of hydrogen-bond acceptors (Lipinski definition) is 2. The average Bonchev–Trinajstić information content (AvgIpc) is 2.40. The summed E-state index contributed by atoms with van der Waals surface area (Å²) in [5.41, 5.74) is 0. The fraction of sp³-hybridized carbons (Fsp3) is 1.00. The van der Waals surface area contributed by atoms with E-state index >= 15 is 0 Å². The highest BCUT2D eigenvalue weighted by Gasteiger charge is 2.39. The molecule has 0 aliphatic carbocycles. The van der Waals surface area contributed by atoms with Crippen molar-refractivity contribution in [2.24, 2.45) is 0 Å². The molecule has 1 heterocycles. The molecule has 0 aromatic rings. The Balaban J connectivity index is 2.46.